The van der Waals surface area contributed by atoms with Gasteiger partial charge in [0.05, 0.1) is 11.8 Å². The Kier molecular flexibility index (Phi) is 4.39. The van der Waals surface area contributed by atoms with Crippen molar-refractivity contribution in [1.29, 1.82) is 0 Å². The van der Waals surface area contributed by atoms with Gasteiger partial charge in [-0.1, -0.05) is 19.1 Å². The third-order valence-electron chi connectivity index (χ3n) is 4.53. The van der Waals surface area contributed by atoms with Gasteiger partial charge in [0.1, 0.15) is 5.82 Å². The van der Waals surface area contributed by atoms with Crippen LogP contribution in [0.1, 0.15) is 13.3 Å². The number of hydrogen-bond donors (Lipinski definition) is 2. The fraction of sp³-hybridized carbons (Fsp3) is 0.316. The molecule has 3 aromatic rings. The summed E-state index contributed by atoms with van der Waals surface area (Å²) in [5.74, 6) is 1.40. The van der Waals surface area contributed by atoms with Crippen molar-refractivity contribution in [2.45, 2.75) is 24.3 Å². The molecule has 0 aliphatic carbocycles. The molecule has 0 bridgehead atoms. The maximum atomic E-state index is 15.0. The number of para-hydroxylation sites is 1. The lowest BCUT2D eigenvalue weighted by atomic mass is 10.1. The van der Waals surface area contributed by atoms with Gasteiger partial charge in [-0.2, -0.15) is 0 Å². The molecule has 0 spiro atoms. The first-order valence-electron chi connectivity index (χ1n) is 8.49. The summed E-state index contributed by atoms with van der Waals surface area (Å²) in [6, 6.07) is 9.38. The first-order chi connectivity index (χ1) is 12.2. The van der Waals surface area contributed by atoms with Gasteiger partial charge < -0.3 is 15.0 Å². The molecule has 25 heavy (non-hydrogen) atoms. The molecule has 4 nitrogen and oxygen atoms in total. The van der Waals surface area contributed by atoms with E-state index >= 15 is 4.39 Å². The Bertz CT molecular complexity index is 911. The number of benzene rings is 1. The molecule has 1 atom stereocenters. The number of nitrogens with zero attached hydrogens (tertiary/aromatic N) is 2. The van der Waals surface area contributed by atoms with E-state index in [1.165, 1.54) is 0 Å². The summed E-state index contributed by atoms with van der Waals surface area (Å²) in [6.45, 7) is 3.34. The van der Waals surface area contributed by atoms with E-state index in [1.807, 2.05) is 35.4 Å². The number of β-amino-alcohol motifs (C(OH)–C–C–N with tert-alkyl or cyclic N) is 1. The van der Waals surface area contributed by atoms with Crippen molar-refractivity contribution in [3.63, 3.8) is 0 Å². The maximum absolute atomic E-state index is 15.0. The average Bonchev–Trinajstić information content (AvgIpc) is 3.19. The molecule has 0 radical (unpaired) electrons. The zero-order valence-corrected chi connectivity index (χ0v) is 14.8. The van der Waals surface area contributed by atoms with E-state index in [0.29, 0.717) is 24.0 Å². The Morgan fingerprint density at radius 3 is 2.96 bits per heavy atom. The van der Waals surface area contributed by atoms with Gasteiger partial charge in [-0.3, -0.25) is 0 Å². The highest BCUT2D eigenvalue weighted by atomic mass is 32.2. The van der Waals surface area contributed by atoms with Crippen LogP contribution in [0.25, 0.3) is 22.2 Å². The lowest BCUT2D eigenvalue weighted by Crippen LogP contribution is -2.23. The second-order valence-corrected chi connectivity index (χ2v) is 7.56. The van der Waals surface area contributed by atoms with E-state index in [4.69, 9.17) is 0 Å². The number of aliphatic hydroxyl groups excluding tert-OH is 1. The summed E-state index contributed by atoms with van der Waals surface area (Å²) in [6.07, 6.45) is 2.19. The normalized spacial score (nSPS) is 17.6. The molecular weight excluding hydrogens is 337 g/mol. The molecule has 1 aliphatic rings. The van der Waals surface area contributed by atoms with Gasteiger partial charge in [0.25, 0.3) is 0 Å². The topological polar surface area (TPSA) is 52.1 Å². The van der Waals surface area contributed by atoms with Crippen LogP contribution in [-0.2, 0) is 0 Å². The van der Waals surface area contributed by atoms with Gasteiger partial charge in [0.15, 0.2) is 5.82 Å². The molecule has 1 saturated heterocycles. The summed E-state index contributed by atoms with van der Waals surface area (Å²) in [4.78, 5) is 10.9. The van der Waals surface area contributed by atoms with Gasteiger partial charge in [0, 0.05) is 40.6 Å². The predicted octanol–water partition coefficient (Wildman–Crippen LogP) is 4.05. The summed E-state index contributed by atoms with van der Waals surface area (Å²) >= 11 is 1.68. The summed E-state index contributed by atoms with van der Waals surface area (Å²) in [7, 11) is 0. The number of anilines is 1. The molecule has 1 aliphatic heterocycles. The number of aliphatic hydroxyl groups is 1. The first-order valence-corrected chi connectivity index (χ1v) is 9.48. The quantitative estimate of drug-likeness (QED) is 0.692. The van der Waals surface area contributed by atoms with Crippen molar-refractivity contribution in [3.05, 3.63) is 42.3 Å². The fourth-order valence-corrected chi connectivity index (χ4v) is 4.01. The van der Waals surface area contributed by atoms with Crippen LogP contribution in [0.3, 0.4) is 0 Å². The standard InChI is InChI=1S/C19H20FN3OS/c1-2-25-13-9-15(19(21-10-13)23-8-7-12(24)11-23)18-17(20)14-5-3-4-6-16(14)22-18/h3-6,9-10,12,22,24H,2,7-8,11H2,1H3. The van der Waals surface area contributed by atoms with Crippen LogP contribution in [-0.4, -0.2) is 40.0 Å². The van der Waals surface area contributed by atoms with Crippen LogP contribution in [0.15, 0.2) is 41.4 Å². The third-order valence-corrected chi connectivity index (χ3v) is 5.37. The highest BCUT2D eigenvalue weighted by Crippen LogP contribution is 2.37. The Morgan fingerprint density at radius 2 is 2.24 bits per heavy atom. The van der Waals surface area contributed by atoms with E-state index in [9.17, 15) is 5.11 Å². The number of nitrogens with one attached hydrogen (secondary N) is 1. The minimum Gasteiger partial charge on any atom is -0.391 e. The van der Waals surface area contributed by atoms with Crippen LogP contribution in [0.5, 0.6) is 0 Å². The van der Waals surface area contributed by atoms with E-state index in [2.05, 4.69) is 16.9 Å². The van der Waals surface area contributed by atoms with Crippen molar-refractivity contribution in [2.75, 3.05) is 23.7 Å². The molecule has 2 aromatic heterocycles. The Morgan fingerprint density at radius 1 is 1.40 bits per heavy atom. The zero-order valence-electron chi connectivity index (χ0n) is 14.0. The molecule has 1 fully saturated rings. The highest BCUT2D eigenvalue weighted by molar-refractivity contribution is 7.99. The van der Waals surface area contributed by atoms with Gasteiger partial charge >= 0.3 is 0 Å². The molecule has 1 aromatic carbocycles. The number of pyridine rings is 1. The van der Waals surface area contributed by atoms with E-state index < -0.39 is 0 Å². The van der Waals surface area contributed by atoms with E-state index in [-0.39, 0.29) is 11.9 Å². The minimum absolute atomic E-state index is 0.253. The number of fused-ring (bicyclic) bond motifs is 1. The molecule has 0 amide bonds. The number of rotatable bonds is 4. The minimum atomic E-state index is -0.355. The molecule has 4 rings (SSSR count). The molecule has 3 heterocycles. The predicted molar refractivity (Wildman–Crippen MR) is 101 cm³/mol. The van der Waals surface area contributed by atoms with Crippen molar-refractivity contribution >= 4 is 28.5 Å². The average molecular weight is 357 g/mol. The van der Waals surface area contributed by atoms with Crippen LogP contribution in [0.2, 0.25) is 0 Å². The smallest absolute Gasteiger partial charge is 0.156 e. The van der Waals surface area contributed by atoms with Gasteiger partial charge in [0.2, 0.25) is 0 Å². The summed E-state index contributed by atoms with van der Waals surface area (Å²) in [5.41, 5.74) is 1.99. The number of aromatic amines is 1. The highest BCUT2D eigenvalue weighted by Gasteiger charge is 2.26. The summed E-state index contributed by atoms with van der Waals surface area (Å²) in [5, 5.41) is 10.5. The van der Waals surface area contributed by atoms with Crippen molar-refractivity contribution in [3.8, 4) is 11.3 Å². The monoisotopic (exact) mass is 357 g/mol. The van der Waals surface area contributed by atoms with Crippen molar-refractivity contribution in [2.24, 2.45) is 0 Å². The molecule has 0 saturated carbocycles. The van der Waals surface area contributed by atoms with Crippen LogP contribution >= 0.6 is 11.8 Å². The first kappa shape index (κ1) is 16.4. The Labute approximate surface area is 150 Å². The number of aromatic nitrogens is 2. The molecule has 130 valence electrons. The molecule has 2 N–H and O–H groups in total. The number of H-pyrrole nitrogens is 1. The SMILES string of the molecule is CCSc1cnc(N2CCC(O)C2)c(-c2[nH]c3ccccc3c2F)c1. The third kappa shape index (κ3) is 3.00. The maximum Gasteiger partial charge on any atom is 0.156 e. The van der Waals surface area contributed by atoms with Crippen LogP contribution in [0.4, 0.5) is 10.2 Å². The largest absolute Gasteiger partial charge is 0.391 e. The van der Waals surface area contributed by atoms with Crippen LogP contribution < -0.4 is 4.90 Å². The zero-order chi connectivity index (χ0) is 17.4. The van der Waals surface area contributed by atoms with Crippen molar-refractivity contribution < 1.29 is 9.50 Å². The second-order valence-electron chi connectivity index (χ2n) is 6.22. The van der Waals surface area contributed by atoms with Gasteiger partial charge in [-0.15, -0.1) is 11.8 Å². The van der Waals surface area contributed by atoms with E-state index in [0.717, 1.165) is 34.1 Å². The summed E-state index contributed by atoms with van der Waals surface area (Å²) < 4.78 is 15.0. The molecule has 1 unspecified atom stereocenters. The lowest BCUT2D eigenvalue weighted by Gasteiger charge is -2.20. The van der Waals surface area contributed by atoms with Gasteiger partial charge in [-0.05, 0) is 30.4 Å². The number of hydrogen-bond acceptors (Lipinski definition) is 4. The lowest BCUT2D eigenvalue weighted by molar-refractivity contribution is 0.198. The number of halogens is 1. The molecule has 6 heteroatoms. The fourth-order valence-electron chi connectivity index (χ4n) is 3.35. The Balaban J connectivity index is 1.87. The Hall–Kier alpha value is -2.05. The van der Waals surface area contributed by atoms with Crippen LogP contribution in [0, 0.1) is 5.82 Å². The van der Waals surface area contributed by atoms with Crippen molar-refractivity contribution in [1.82, 2.24) is 9.97 Å². The number of thioether (sulfide) groups is 1. The second kappa shape index (κ2) is 6.69. The van der Waals surface area contributed by atoms with Gasteiger partial charge in [-0.25, -0.2) is 9.37 Å². The van der Waals surface area contributed by atoms with E-state index in [1.54, 1.807) is 17.8 Å². The molecular formula is C19H20FN3OS.